The summed E-state index contributed by atoms with van der Waals surface area (Å²) in [5.74, 6) is 0.742. The first-order chi connectivity index (χ1) is 12.7. The Morgan fingerprint density at radius 2 is 1.77 bits per heavy atom. The molecule has 1 aliphatic carbocycles. The van der Waals surface area contributed by atoms with E-state index in [0.717, 1.165) is 17.5 Å². The second-order valence-corrected chi connectivity index (χ2v) is 8.57. The molecule has 1 aliphatic heterocycles. The molecule has 0 amide bonds. The highest BCUT2D eigenvalue weighted by molar-refractivity contribution is 6.30. The molecule has 1 saturated heterocycles. The van der Waals surface area contributed by atoms with Crippen molar-refractivity contribution in [3.05, 3.63) is 65.2 Å². The van der Waals surface area contributed by atoms with Gasteiger partial charge in [0, 0.05) is 35.8 Å². The van der Waals surface area contributed by atoms with Gasteiger partial charge >= 0.3 is 0 Å². The van der Waals surface area contributed by atoms with Crippen LogP contribution in [0.5, 0.6) is 0 Å². The highest BCUT2D eigenvalue weighted by atomic mass is 35.5. The number of halogens is 1. The number of nitrogens with zero attached hydrogens (tertiary/aromatic N) is 1. The molecule has 2 aliphatic rings. The summed E-state index contributed by atoms with van der Waals surface area (Å²) in [7, 11) is 0. The van der Waals surface area contributed by atoms with Crippen molar-refractivity contribution in [3.63, 3.8) is 0 Å². The monoisotopic (exact) mass is 368 g/mol. The van der Waals surface area contributed by atoms with Gasteiger partial charge < -0.3 is 10.2 Å². The van der Waals surface area contributed by atoms with E-state index in [-0.39, 0.29) is 0 Å². The first-order valence-electron chi connectivity index (χ1n) is 10.0. The van der Waals surface area contributed by atoms with E-state index in [4.69, 9.17) is 11.6 Å². The Morgan fingerprint density at radius 3 is 2.46 bits per heavy atom. The first kappa shape index (κ1) is 17.9. The highest BCUT2D eigenvalue weighted by Gasteiger charge is 2.40. The number of hydrogen-bond acceptors (Lipinski definition) is 2. The van der Waals surface area contributed by atoms with Gasteiger partial charge in [0.1, 0.15) is 0 Å². The predicted octanol–water partition coefficient (Wildman–Crippen LogP) is 5.59. The van der Waals surface area contributed by atoms with Gasteiger partial charge in [-0.1, -0.05) is 48.4 Å². The number of para-hydroxylation sites is 1. The minimum absolute atomic E-state index is 0.360. The number of benzene rings is 2. The van der Waals surface area contributed by atoms with Gasteiger partial charge in [0.2, 0.25) is 0 Å². The standard InChI is InChI=1S/C23H29ClN2/c24-21-11-9-20(10-12-21)23(13-5-14-23)18-26-15-4-6-19(17-26)16-25-22-7-2-1-3-8-22/h1-3,7-12,19,25H,4-6,13-18H2/t19-/m0/s1. The van der Waals surface area contributed by atoms with E-state index in [9.17, 15) is 0 Å². The van der Waals surface area contributed by atoms with Gasteiger partial charge in [-0.3, -0.25) is 0 Å². The normalized spacial score (nSPS) is 22.6. The second-order valence-electron chi connectivity index (χ2n) is 8.13. The maximum atomic E-state index is 6.10. The molecule has 0 radical (unpaired) electrons. The summed E-state index contributed by atoms with van der Waals surface area (Å²) in [6, 6.07) is 19.2. The molecule has 26 heavy (non-hydrogen) atoms. The fourth-order valence-electron chi connectivity index (χ4n) is 4.65. The van der Waals surface area contributed by atoms with E-state index in [1.54, 1.807) is 0 Å². The van der Waals surface area contributed by atoms with E-state index in [1.165, 1.54) is 63.0 Å². The highest BCUT2D eigenvalue weighted by Crippen LogP contribution is 2.45. The second kappa shape index (κ2) is 8.02. The Kier molecular flexibility index (Phi) is 5.52. The number of likely N-dealkylation sites (tertiary alicyclic amines) is 1. The summed E-state index contributed by atoms with van der Waals surface area (Å²) < 4.78 is 0. The van der Waals surface area contributed by atoms with Crippen LogP contribution in [0.15, 0.2) is 54.6 Å². The van der Waals surface area contributed by atoms with E-state index < -0.39 is 0 Å². The van der Waals surface area contributed by atoms with Crippen molar-refractivity contribution in [1.82, 2.24) is 4.90 Å². The molecule has 138 valence electrons. The zero-order valence-electron chi connectivity index (χ0n) is 15.5. The Bertz CT molecular complexity index is 694. The van der Waals surface area contributed by atoms with E-state index in [2.05, 4.69) is 64.8 Å². The number of piperidine rings is 1. The molecular weight excluding hydrogens is 340 g/mol. The molecule has 0 unspecified atom stereocenters. The first-order valence-corrected chi connectivity index (χ1v) is 10.4. The van der Waals surface area contributed by atoms with Gasteiger partial charge in [-0.05, 0) is 68.0 Å². The molecule has 1 heterocycles. The fourth-order valence-corrected chi connectivity index (χ4v) is 4.78. The van der Waals surface area contributed by atoms with Gasteiger partial charge in [0.15, 0.2) is 0 Å². The zero-order valence-corrected chi connectivity index (χ0v) is 16.2. The molecule has 1 N–H and O–H groups in total. The van der Waals surface area contributed by atoms with Crippen molar-refractivity contribution in [2.24, 2.45) is 5.92 Å². The molecule has 3 heteroatoms. The molecular formula is C23H29ClN2. The van der Waals surface area contributed by atoms with Crippen LogP contribution in [0.1, 0.15) is 37.7 Å². The van der Waals surface area contributed by atoms with Gasteiger partial charge in [0.05, 0.1) is 0 Å². The summed E-state index contributed by atoms with van der Waals surface area (Å²) in [6.07, 6.45) is 6.65. The van der Waals surface area contributed by atoms with Crippen LogP contribution in [0.3, 0.4) is 0 Å². The summed E-state index contributed by atoms with van der Waals surface area (Å²) in [6.45, 7) is 4.75. The topological polar surface area (TPSA) is 15.3 Å². The summed E-state index contributed by atoms with van der Waals surface area (Å²) in [4.78, 5) is 2.72. The van der Waals surface area contributed by atoms with Crippen LogP contribution in [-0.2, 0) is 5.41 Å². The lowest BCUT2D eigenvalue weighted by Crippen LogP contribution is -2.49. The van der Waals surface area contributed by atoms with Crippen molar-refractivity contribution in [1.29, 1.82) is 0 Å². The van der Waals surface area contributed by atoms with Gasteiger partial charge in [0.25, 0.3) is 0 Å². The van der Waals surface area contributed by atoms with Crippen LogP contribution in [0.2, 0.25) is 5.02 Å². The third kappa shape index (κ3) is 4.07. The average Bonchev–Trinajstić information content (AvgIpc) is 2.65. The fraction of sp³-hybridized carbons (Fsp3) is 0.478. The maximum absolute atomic E-state index is 6.10. The Hall–Kier alpha value is -1.51. The molecule has 2 nitrogen and oxygen atoms in total. The third-order valence-corrected chi connectivity index (χ3v) is 6.52. The third-order valence-electron chi connectivity index (χ3n) is 6.27. The molecule has 1 atom stereocenters. The lowest BCUT2D eigenvalue weighted by Gasteiger charge is -2.47. The maximum Gasteiger partial charge on any atom is 0.0406 e. The van der Waals surface area contributed by atoms with Gasteiger partial charge in [-0.25, -0.2) is 0 Å². The lowest BCUT2D eigenvalue weighted by atomic mass is 9.64. The van der Waals surface area contributed by atoms with Crippen molar-refractivity contribution < 1.29 is 0 Å². The smallest absolute Gasteiger partial charge is 0.0406 e. The van der Waals surface area contributed by atoms with E-state index >= 15 is 0 Å². The predicted molar refractivity (Wildman–Crippen MR) is 111 cm³/mol. The summed E-state index contributed by atoms with van der Waals surface area (Å²) in [5.41, 5.74) is 3.08. The molecule has 2 aromatic rings. The van der Waals surface area contributed by atoms with Gasteiger partial charge in [-0.15, -0.1) is 0 Å². The van der Waals surface area contributed by atoms with Gasteiger partial charge in [-0.2, -0.15) is 0 Å². The van der Waals surface area contributed by atoms with E-state index in [0.29, 0.717) is 5.41 Å². The molecule has 2 aromatic carbocycles. The number of rotatable bonds is 6. The molecule has 2 fully saturated rings. The van der Waals surface area contributed by atoms with Crippen molar-refractivity contribution >= 4 is 17.3 Å². The minimum atomic E-state index is 0.360. The summed E-state index contributed by atoms with van der Waals surface area (Å²) >= 11 is 6.10. The van der Waals surface area contributed by atoms with Crippen LogP contribution < -0.4 is 5.32 Å². The largest absolute Gasteiger partial charge is 0.385 e. The zero-order chi connectivity index (χ0) is 17.8. The lowest BCUT2D eigenvalue weighted by molar-refractivity contribution is 0.102. The number of nitrogens with one attached hydrogen (secondary N) is 1. The van der Waals surface area contributed by atoms with Crippen molar-refractivity contribution in [3.8, 4) is 0 Å². The molecule has 1 saturated carbocycles. The van der Waals surface area contributed by atoms with Crippen LogP contribution in [-0.4, -0.2) is 31.1 Å². The molecule has 4 rings (SSSR count). The molecule has 0 aromatic heterocycles. The quantitative estimate of drug-likeness (QED) is 0.715. The number of anilines is 1. The molecule has 0 spiro atoms. The molecule has 0 bridgehead atoms. The van der Waals surface area contributed by atoms with E-state index in [1.807, 2.05) is 0 Å². The van der Waals surface area contributed by atoms with Crippen LogP contribution in [0.25, 0.3) is 0 Å². The Labute approximate surface area is 162 Å². The average molecular weight is 369 g/mol. The Balaban J connectivity index is 1.36. The number of hydrogen-bond donors (Lipinski definition) is 1. The van der Waals surface area contributed by atoms with Crippen LogP contribution in [0.4, 0.5) is 5.69 Å². The van der Waals surface area contributed by atoms with Crippen molar-refractivity contribution in [2.75, 3.05) is 31.5 Å². The Morgan fingerprint density at radius 1 is 1.00 bits per heavy atom. The SMILES string of the molecule is Clc1ccc(C2(CN3CCC[C@@H](CNc4ccccc4)C3)CCC2)cc1. The summed E-state index contributed by atoms with van der Waals surface area (Å²) in [5, 5.41) is 4.46. The van der Waals surface area contributed by atoms with Crippen molar-refractivity contribution in [2.45, 2.75) is 37.5 Å². The van der Waals surface area contributed by atoms with Crippen LogP contribution >= 0.6 is 11.6 Å². The van der Waals surface area contributed by atoms with Crippen LogP contribution in [0, 0.1) is 5.92 Å². The minimum Gasteiger partial charge on any atom is -0.385 e.